The number of fused-ring (bicyclic) bond motifs is 1. The van der Waals surface area contributed by atoms with Gasteiger partial charge in [0.25, 0.3) is 0 Å². The molecule has 0 saturated heterocycles. The van der Waals surface area contributed by atoms with Crippen molar-refractivity contribution in [2.75, 3.05) is 19.8 Å². The molecule has 7 rings (SSSR count). The van der Waals surface area contributed by atoms with E-state index in [0.717, 1.165) is 58.0 Å². The summed E-state index contributed by atoms with van der Waals surface area (Å²) < 4.78 is 44.8. The number of cyclic esters (lactones) is 4. The molecule has 3 aromatic rings. The van der Waals surface area contributed by atoms with Crippen molar-refractivity contribution >= 4 is 41.8 Å². The maximum absolute atomic E-state index is 11.5. The summed E-state index contributed by atoms with van der Waals surface area (Å²) >= 11 is 0. The monoisotopic (exact) mass is 1380 g/mol. The first-order valence-corrected chi connectivity index (χ1v) is 34.2. The van der Waals surface area contributed by atoms with Gasteiger partial charge in [0.15, 0.2) is 0 Å². The van der Waals surface area contributed by atoms with E-state index < -0.39 is 23.9 Å². The fourth-order valence-corrected chi connectivity index (χ4v) is 8.57. The molecule has 0 aliphatic carbocycles. The van der Waals surface area contributed by atoms with Crippen LogP contribution < -0.4 is 23.0 Å². The zero-order chi connectivity index (χ0) is 73.7. The van der Waals surface area contributed by atoms with Gasteiger partial charge in [-0.2, -0.15) is 0 Å². The molecule has 5 heterocycles. The second kappa shape index (κ2) is 50.2. The van der Waals surface area contributed by atoms with Crippen LogP contribution in [-0.2, 0) is 74.8 Å². The fraction of sp³-hybridized carbons (Fsp3) is 0.641. The lowest BCUT2D eigenvalue weighted by atomic mass is 9.94. The van der Waals surface area contributed by atoms with Crippen LogP contribution in [0.5, 0.6) is 0 Å². The number of rotatable bonds is 22. The molecular weight excluding hydrogens is 1250 g/mol. The number of hydrogen-bond donors (Lipinski definition) is 3. The van der Waals surface area contributed by atoms with Crippen molar-refractivity contribution in [3.8, 4) is 0 Å². The van der Waals surface area contributed by atoms with Crippen LogP contribution in [0.2, 0.25) is 0 Å². The standard InChI is InChI=1S/C13H19NO2.C11H12O2.2C10H16O2.2C8H17NO2.C8H12O3.C8H12O2.2CH4/c1-10(2)9-16-13(15)12(14)8-11-6-4-3-5-7-11;1-7(2)10-8-5-3-4-6-9(8)11(12)13-10;2*1-6(2)8(4)10-7(3)5-9(11)12-10;2*1-4-7(9)8(10)11-5-6(2)3;1-5(2)4-7-6(3)10-8(9)11-7;1-6(2)5-7-3-4-8(9)10-7;;/h3-7,10,12H,8-9,14H2,1-2H3;3-7,10H,1-2H3;2*6,8H,5H2,1-4H3;2*6-7H,4-5,9H2,1-3H3;5H,4H2,1-3H3;3,6H,4-5H2,1-2H3;2*1H4/t12-;;;;2*7-;;;;/m0...00..../s1. The first kappa shape index (κ1) is 95.0. The first-order valence-electron chi connectivity index (χ1n) is 34.2. The van der Waals surface area contributed by atoms with Crippen molar-refractivity contribution in [3.63, 3.8) is 0 Å². The molecular formula is C78H129N3O17. The maximum atomic E-state index is 11.5. The second-order valence-electron chi connectivity index (χ2n) is 27.7. The normalized spacial score (nSPS) is 15.7. The molecule has 0 fully saturated rings. The van der Waals surface area contributed by atoms with E-state index >= 15 is 0 Å². The summed E-state index contributed by atoms with van der Waals surface area (Å²) in [5.41, 5.74) is 21.6. The molecule has 1 aromatic heterocycles. The summed E-state index contributed by atoms with van der Waals surface area (Å²) in [4.78, 5) is 87.7. The second-order valence-corrected chi connectivity index (χ2v) is 27.7. The summed E-state index contributed by atoms with van der Waals surface area (Å²) in [6, 6.07) is 15.8. The van der Waals surface area contributed by atoms with Gasteiger partial charge < -0.3 is 59.2 Å². The Labute approximate surface area is 588 Å². The zero-order valence-corrected chi connectivity index (χ0v) is 62.3. The molecule has 2 aromatic carbocycles. The summed E-state index contributed by atoms with van der Waals surface area (Å²) in [6.45, 7) is 47.9. The van der Waals surface area contributed by atoms with E-state index in [4.69, 9.17) is 59.2 Å². The Morgan fingerprint density at radius 3 is 1.23 bits per heavy atom. The molecule has 6 atom stereocenters. The average Bonchev–Trinajstić information content (AvgIpc) is 1.66. The fourth-order valence-electron chi connectivity index (χ4n) is 8.57. The summed E-state index contributed by atoms with van der Waals surface area (Å²) in [6.07, 6.45) is 6.67. The minimum atomic E-state index is -0.599. The Balaban J connectivity index is -0.00000105. The van der Waals surface area contributed by atoms with Gasteiger partial charge in [0.1, 0.15) is 53.0 Å². The molecule has 0 radical (unpaired) electrons. The number of benzene rings is 2. The van der Waals surface area contributed by atoms with Gasteiger partial charge in [-0.05, 0) is 116 Å². The van der Waals surface area contributed by atoms with Crippen LogP contribution in [0.3, 0.4) is 0 Å². The quantitative estimate of drug-likeness (QED) is 0.0622. The van der Waals surface area contributed by atoms with Crippen molar-refractivity contribution in [2.45, 2.75) is 250 Å². The number of esters is 7. The highest BCUT2D eigenvalue weighted by Crippen LogP contribution is 2.36. The van der Waals surface area contributed by atoms with Gasteiger partial charge in [0, 0.05) is 30.2 Å². The lowest BCUT2D eigenvalue weighted by Crippen LogP contribution is -2.35. The van der Waals surface area contributed by atoms with Crippen molar-refractivity contribution in [3.05, 3.63) is 128 Å². The molecule has 20 heteroatoms. The zero-order valence-electron chi connectivity index (χ0n) is 62.3. The van der Waals surface area contributed by atoms with Crippen LogP contribution in [0.15, 0.2) is 103 Å². The van der Waals surface area contributed by atoms with Crippen molar-refractivity contribution in [1.29, 1.82) is 0 Å². The number of allylic oxidation sites excluding steroid dienone is 3. The molecule has 0 bridgehead atoms. The molecule has 4 aliphatic heterocycles. The van der Waals surface area contributed by atoms with Gasteiger partial charge in [-0.1, -0.05) is 202 Å². The Morgan fingerprint density at radius 2 is 0.908 bits per heavy atom. The highest BCUT2D eigenvalue weighted by atomic mass is 16.6. The molecule has 6 N–H and O–H groups in total. The summed E-state index contributed by atoms with van der Waals surface area (Å²) in [7, 11) is 0. The highest BCUT2D eigenvalue weighted by Gasteiger charge is 2.33. The average molecular weight is 1380 g/mol. The highest BCUT2D eigenvalue weighted by molar-refractivity contribution is 5.94. The van der Waals surface area contributed by atoms with Gasteiger partial charge in [-0.3, -0.25) is 28.8 Å². The maximum Gasteiger partial charge on any atom is 0.519 e. The van der Waals surface area contributed by atoms with E-state index in [1.54, 1.807) is 6.92 Å². The third-order valence-electron chi connectivity index (χ3n) is 14.8. The summed E-state index contributed by atoms with van der Waals surface area (Å²) in [5, 5.41) is 0. The lowest BCUT2D eigenvalue weighted by Gasteiger charge is -2.16. The number of carbonyl (C=O) groups excluding carboxylic acids is 7. The summed E-state index contributed by atoms with van der Waals surface area (Å²) in [5.74, 6) is 6.17. The Kier molecular flexibility index (Phi) is 48.7. The molecule has 0 spiro atoms. The van der Waals surface area contributed by atoms with Gasteiger partial charge in [0.2, 0.25) is 0 Å². The van der Waals surface area contributed by atoms with Crippen molar-refractivity contribution in [1.82, 2.24) is 0 Å². The lowest BCUT2D eigenvalue weighted by molar-refractivity contribution is -0.147. The van der Waals surface area contributed by atoms with Gasteiger partial charge in [-0.15, -0.1) is 0 Å². The number of hydrogen-bond acceptors (Lipinski definition) is 20. The Bertz CT molecular complexity index is 2900. The minimum absolute atomic E-state index is 0. The molecule has 4 aliphatic rings. The van der Waals surface area contributed by atoms with Crippen LogP contribution >= 0.6 is 0 Å². The van der Waals surface area contributed by atoms with E-state index in [1.807, 2.05) is 130 Å². The Hall–Kier alpha value is -7.16. The van der Waals surface area contributed by atoms with Gasteiger partial charge in [-0.25, -0.2) is 9.59 Å². The number of carbonyl (C=O) groups is 7. The first-order chi connectivity index (χ1) is 44.8. The third-order valence-corrected chi connectivity index (χ3v) is 14.8. The van der Waals surface area contributed by atoms with E-state index in [2.05, 4.69) is 83.1 Å². The van der Waals surface area contributed by atoms with Crippen LogP contribution in [0, 0.1) is 66.1 Å². The van der Waals surface area contributed by atoms with Crippen molar-refractivity contribution in [2.24, 2.45) is 76.4 Å². The molecule has 3 unspecified atom stereocenters. The van der Waals surface area contributed by atoms with Crippen LogP contribution in [-0.4, -0.2) is 79.7 Å². The van der Waals surface area contributed by atoms with E-state index in [9.17, 15) is 38.4 Å². The van der Waals surface area contributed by atoms with E-state index in [-0.39, 0.29) is 62.7 Å². The van der Waals surface area contributed by atoms with Crippen LogP contribution in [0.25, 0.3) is 0 Å². The van der Waals surface area contributed by atoms with Crippen molar-refractivity contribution < 1.29 is 75.6 Å². The Morgan fingerprint density at radius 1 is 0.500 bits per heavy atom. The topological polar surface area (TPSA) is 306 Å². The number of aryl methyl sites for hydroxylation is 1. The minimum Gasteiger partial charge on any atom is -0.464 e. The molecule has 0 saturated carbocycles. The van der Waals surface area contributed by atoms with Crippen LogP contribution in [0.1, 0.15) is 245 Å². The predicted molar refractivity (Wildman–Crippen MR) is 389 cm³/mol. The SMILES string of the molecule is C.C.CC(C)C1OC(=O)c2ccccc21.CC(C)CC1=CCC(=O)O1.CC(C)COC(=O)[C@@H](N)Cc1ccccc1.CC1=C(C(C)C(C)C)OC(=O)C1.CC1=C(C(C)C(C)C)OC(=O)C1.CC[C@H](N)C(=O)OCC(C)C.CC[C@H](N)C(=O)OCC(C)C.Cc1oc(=O)oc1CC(C)C. The molecule has 558 valence electrons. The largest absolute Gasteiger partial charge is 0.519 e. The van der Waals surface area contributed by atoms with Gasteiger partial charge >= 0.3 is 47.6 Å². The van der Waals surface area contributed by atoms with E-state index in [0.29, 0.717) is 129 Å². The van der Waals surface area contributed by atoms with Gasteiger partial charge in [0.05, 0.1) is 44.6 Å². The molecule has 20 nitrogen and oxygen atoms in total. The predicted octanol–water partition coefficient (Wildman–Crippen LogP) is 16.0. The third kappa shape index (κ3) is 39.4. The molecule has 98 heavy (non-hydrogen) atoms. The van der Waals surface area contributed by atoms with Crippen LogP contribution in [0.4, 0.5) is 0 Å². The van der Waals surface area contributed by atoms with E-state index in [1.165, 1.54) is 0 Å². The number of nitrogens with two attached hydrogens (primary N) is 3. The molecule has 0 amide bonds. The number of ether oxygens (including phenoxy) is 7. The smallest absolute Gasteiger partial charge is 0.464 e.